The van der Waals surface area contributed by atoms with Crippen LogP contribution >= 0.6 is 0 Å². The molecule has 2 aromatic carbocycles. The maximum atomic E-state index is 13.4. The average Bonchev–Trinajstić information content (AvgIpc) is 2.71. The molecular weight excluding hydrogens is 381 g/mol. The average molecular weight is 395 g/mol. The number of aromatic nitrogens is 2. The number of hydrazine groups is 1. The second-order valence-electron chi connectivity index (χ2n) is 6.43. The maximum Gasteiger partial charge on any atom is 0.290 e. The molecule has 146 valence electrons. The fraction of sp³-hybridized carbons (Fsp3) is 0.105. The number of fused-ring (bicyclic) bond motifs is 2. The Labute approximate surface area is 162 Å². The van der Waals surface area contributed by atoms with Crippen molar-refractivity contribution in [2.45, 2.75) is 12.3 Å². The molecule has 29 heavy (non-hydrogen) atoms. The molecule has 1 aliphatic heterocycles. The SMILES string of the molecule is O=C1C[C@H](C(=O)NNC(=O)c2n[nH]c(=O)c3ccccc23)c2ccc(F)cc2N1. The third kappa shape index (κ3) is 3.43. The van der Waals surface area contributed by atoms with Crippen LogP contribution in [0.2, 0.25) is 0 Å². The summed E-state index contributed by atoms with van der Waals surface area (Å²) in [6, 6.07) is 10.1. The van der Waals surface area contributed by atoms with Gasteiger partial charge in [-0.1, -0.05) is 24.3 Å². The van der Waals surface area contributed by atoms with Gasteiger partial charge >= 0.3 is 0 Å². The summed E-state index contributed by atoms with van der Waals surface area (Å²) in [4.78, 5) is 48.7. The third-order valence-corrected chi connectivity index (χ3v) is 4.58. The number of aromatic amines is 1. The first-order valence-corrected chi connectivity index (χ1v) is 8.61. The smallest absolute Gasteiger partial charge is 0.290 e. The highest BCUT2D eigenvalue weighted by Gasteiger charge is 2.31. The van der Waals surface area contributed by atoms with Crippen molar-refractivity contribution in [3.63, 3.8) is 0 Å². The molecule has 0 saturated carbocycles. The van der Waals surface area contributed by atoms with Crippen LogP contribution in [0.5, 0.6) is 0 Å². The van der Waals surface area contributed by atoms with Gasteiger partial charge in [-0.15, -0.1) is 0 Å². The number of carbonyl (C=O) groups is 3. The van der Waals surface area contributed by atoms with Crippen LogP contribution < -0.4 is 21.7 Å². The molecule has 1 aliphatic rings. The van der Waals surface area contributed by atoms with Gasteiger partial charge in [-0.3, -0.25) is 30.0 Å². The molecular formula is C19H14FN5O4. The van der Waals surface area contributed by atoms with Gasteiger partial charge in [0, 0.05) is 17.5 Å². The first-order chi connectivity index (χ1) is 13.9. The lowest BCUT2D eigenvalue weighted by atomic mass is 9.90. The monoisotopic (exact) mass is 395 g/mol. The number of amides is 3. The van der Waals surface area contributed by atoms with Crippen LogP contribution in [0.4, 0.5) is 10.1 Å². The number of carbonyl (C=O) groups excluding carboxylic acids is 3. The van der Waals surface area contributed by atoms with E-state index in [1.54, 1.807) is 24.3 Å². The minimum absolute atomic E-state index is 0.0793. The third-order valence-electron chi connectivity index (χ3n) is 4.58. The first kappa shape index (κ1) is 18.3. The second kappa shape index (κ2) is 7.15. The summed E-state index contributed by atoms with van der Waals surface area (Å²) >= 11 is 0. The van der Waals surface area contributed by atoms with Crippen molar-refractivity contribution in [1.82, 2.24) is 21.0 Å². The van der Waals surface area contributed by atoms with Crippen molar-refractivity contribution in [3.05, 3.63) is 69.9 Å². The molecule has 0 unspecified atom stereocenters. The molecule has 2 heterocycles. The number of halogens is 1. The van der Waals surface area contributed by atoms with E-state index in [2.05, 4.69) is 26.4 Å². The molecule has 9 nitrogen and oxygen atoms in total. The van der Waals surface area contributed by atoms with Crippen LogP contribution in [0, 0.1) is 5.82 Å². The molecule has 0 fully saturated rings. The molecule has 0 saturated heterocycles. The van der Waals surface area contributed by atoms with Crippen LogP contribution in [0.3, 0.4) is 0 Å². The molecule has 0 spiro atoms. The van der Waals surface area contributed by atoms with Crippen molar-refractivity contribution >= 4 is 34.2 Å². The van der Waals surface area contributed by atoms with E-state index >= 15 is 0 Å². The zero-order valence-corrected chi connectivity index (χ0v) is 14.8. The van der Waals surface area contributed by atoms with E-state index in [9.17, 15) is 23.6 Å². The second-order valence-corrected chi connectivity index (χ2v) is 6.43. The summed E-state index contributed by atoms with van der Waals surface area (Å²) in [7, 11) is 0. The van der Waals surface area contributed by atoms with Crippen molar-refractivity contribution < 1.29 is 18.8 Å². The first-order valence-electron chi connectivity index (χ1n) is 8.61. The molecule has 10 heteroatoms. The zero-order chi connectivity index (χ0) is 20.5. The Morgan fingerprint density at radius 1 is 1.07 bits per heavy atom. The van der Waals surface area contributed by atoms with Gasteiger partial charge in [0.15, 0.2) is 5.69 Å². The lowest BCUT2D eigenvalue weighted by Gasteiger charge is -2.24. The quantitative estimate of drug-likeness (QED) is 0.480. The van der Waals surface area contributed by atoms with Gasteiger partial charge in [0.2, 0.25) is 11.8 Å². The van der Waals surface area contributed by atoms with E-state index in [1.807, 2.05) is 0 Å². The lowest BCUT2D eigenvalue weighted by molar-refractivity contribution is -0.126. The fourth-order valence-electron chi connectivity index (χ4n) is 3.22. The van der Waals surface area contributed by atoms with Crippen LogP contribution in [0.15, 0.2) is 47.3 Å². The zero-order valence-electron chi connectivity index (χ0n) is 14.8. The summed E-state index contributed by atoms with van der Waals surface area (Å²) in [6.07, 6.45) is -0.153. The summed E-state index contributed by atoms with van der Waals surface area (Å²) in [5, 5.41) is 9.09. The summed E-state index contributed by atoms with van der Waals surface area (Å²) < 4.78 is 13.4. The normalized spacial score (nSPS) is 15.3. The fourth-order valence-corrected chi connectivity index (χ4v) is 3.22. The van der Waals surface area contributed by atoms with Gasteiger partial charge in [-0.05, 0) is 23.8 Å². The molecule has 0 bridgehead atoms. The Bertz CT molecular complexity index is 1220. The standard InChI is InChI=1S/C19H14FN5O4/c20-9-5-6-10-13(8-15(26)21-14(10)7-9)18(28)24-25-19(29)16-11-3-1-2-4-12(11)17(27)23-22-16/h1-7,13H,8H2,(H,21,26)(H,23,27)(H,24,28)(H,25,29)/t13-/m0/s1. The van der Waals surface area contributed by atoms with Gasteiger partial charge in [0.05, 0.1) is 11.3 Å². The Hall–Kier alpha value is -4.08. The minimum Gasteiger partial charge on any atom is -0.326 e. The largest absolute Gasteiger partial charge is 0.326 e. The molecule has 0 radical (unpaired) electrons. The molecule has 3 amide bonds. The Kier molecular flexibility index (Phi) is 4.51. The summed E-state index contributed by atoms with van der Waals surface area (Å²) in [5.74, 6) is -3.28. The number of H-pyrrole nitrogens is 1. The number of hydrogen-bond acceptors (Lipinski definition) is 5. The molecule has 4 rings (SSSR count). The van der Waals surface area contributed by atoms with Crippen LogP contribution in [0.1, 0.15) is 28.4 Å². The highest BCUT2D eigenvalue weighted by molar-refractivity contribution is 6.06. The Balaban J connectivity index is 1.54. The van der Waals surface area contributed by atoms with Crippen LogP contribution in [0.25, 0.3) is 10.8 Å². The number of anilines is 1. The predicted molar refractivity (Wildman–Crippen MR) is 100 cm³/mol. The summed E-state index contributed by atoms with van der Waals surface area (Å²) in [6.45, 7) is 0. The van der Waals surface area contributed by atoms with E-state index in [0.29, 0.717) is 10.9 Å². The van der Waals surface area contributed by atoms with Crippen LogP contribution in [-0.2, 0) is 9.59 Å². The van der Waals surface area contributed by atoms with E-state index in [0.717, 1.165) is 6.07 Å². The number of benzene rings is 2. The highest BCUT2D eigenvalue weighted by atomic mass is 19.1. The van der Waals surface area contributed by atoms with Crippen LogP contribution in [-0.4, -0.2) is 27.9 Å². The van der Waals surface area contributed by atoms with Gasteiger partial charge in [0.25, 0.3) is 11.5 Å². The minimum atomic E-state index is -0.903. The number of nitrogens with one attached hydrogen (secondary N) is 4. The van der Waals surface area contributed by atoms with Gasteiger partial charge in [-0.25, -0.2) is 9.49 Å². The van der Waals surface area contributed by atoms with Crippen molar-refractivity contribution in [1.29, 1.82) is 0 Å². The molecule has 4 N–H and O–H groups in total. The van der Waals surface area contributed by atoms with Crippen molar-refractivity contribution in [3.8, 4) is 0 Å². The summed E-state index contributed by atoms with van der Waals surface area (Å²) in [5.41, 5.74) is 4.62. The maximum absolute atomic E-state index is 13.4. The lowest BCUT2D eigenvalue weighted by Crippen LogP contribution is -2.45. The van der Waals surface area contributed by atoms with E-state index < -0.39 is 35.0 Å². The number of rotatable bonds is 2. The Morgan fingerprint density at radius 3 is 2.62 bits per heavy atom. The van der Waals surface area contributed by atoms with Gasteiger partial charge in [-0.2, -0.15) is 5.10 Å². The number of hydrogen-bond donors (Lipinski definition) is 4. The van der Waals surface area contributed by atoms with E-state index in [-0.39, 0.29) is 23.2 Å². The van der Waals surface area contributed by atoms with Gasteiger partial charge in [0.1, 0.15) is 5.82 Å². The van der Waals surface area contributed by atoms with Gasteiger partial charge < -0.3 is 5.32 Å². The molecule has 0 aliphatic carbocycles. The molecule has 1 atom stereocenters. The van der Waals surface area contributed by atoms with Crippen molar-refractivity contribution in [2.24, 2.45) is 0 Å². The predicted octanol–water partition coefficient (Wildman–Crippen LogP) is 0.949. The number of nitrogens with zero attached hydrogens (tertiary/aromatic N) is 1. The Morgan fingerprint density at radius 2 is 1.83 bits per heavy atom. The van der Waals surface area contributed by atoms with E-state index in [1.165, 1.54) is 12.1 Å². The topological polar surface area (TPSA) is 133 Å². The van der Waals surface area contributed by atoms with Crippen molar-refractivity contribution in [2.75, 3.05) is 5.32 Å². The molecule has 3 aromatic rings. The molecule has 1 aromatic heterocycles. The van der Waals surface area contributed by atoms with E-state index in [4.69, 9.17) is 0 Å². The highest BCUT2D eigenvalue weighted by Crippen LogP contribution is 2.32.